The van der Waals surface area contributed by atoms with Crippen molar-refractivity contribution in [2.75, 3.05) is 0 Å². The molecule has 6 nitrogen and oxygen atoms in total. The maximum absolute atomic E-state index is 11.3. The molecule has 2 aromatic heterocycles. The number of benzene rings is 1. The van der Waals surface area contributed by atoms with Gasteiger partial charge in [0, 0.05) is 30.7 Å². The first-order valence-electron chi connectivity index (χ1n) is 6.87. The molecule has 0 aliphatic carbocycles. The van der Waals surface area contributed by atoms with E-state index in [9.17, 15) is 4.79 Å². The average molecular weight is 283 g/mol. The minimum absolute atomic E-state index is 0.0923. The average Bonchev–Trinajstić information content (AvgIpc) is 2.87. The van der Waals surface area contributed by atoms with Gasteiger partial charge in [0.25, 0.3) is 0 Å². The molecular weight excluding hydrogens is 266 g/mol. The van der Waals surface area contributed by atoms with Crippen LogP contribution in [-0.2, 0) is 0 Å². The van der Waals surface area contributed by atoms with E-state index in [2.05, 4.69) is 39.1 Å². The lowest BCUT2D eigenvalue weighted by atomic mass is 10.1. The first kappa shape index (κ1) is 13.5. The van der Waals surface area contributed by atoms with E-state index in [0.29, 0.717) is 0 Å². The predicted molar refractivity (Wildman–Crippen MR) is 80.9 cm³/mol. The van der Waals surface area contributed by atoms with Gasteiger partial charge in [-0.25, -0.2) is 4.79 Å². The standard InChI is InChI=1S/C15H17N5O/c1-9(18-10(2)14-8-16-5-6-17-14)11-3-4-12-13(7-11)20-15(21)19-12/h3-10,18H,1-2H3,(H2,19,20,21). The van der Waals surface area contributed by atoms with Crippen molar-refractivity contribution in [1.29, 1.82) is 0 Å². The molecule has 0 bridgehead atoms. The van der Waals surface area contributed by atoms with Crippen molar-refractivity contribution in [2.45, 2.75) is 25.9 Å². The number of nitrogens with zero attached hydrogens (tertiary/aromatic N) is 2. The lowest BCUT2D eigenvalue weighted by Gasteiger charge is -2.19. The summed E-state index contributed by atoms with van der Waals surface area (Å²) >= 11 is 0. The number of nitrogens with one attached hydrogen (secondary N) is 3. The zero-order valence-electron chi connectivity index (χ0n) is 11.9. The first-order valence-corrected chi connectivity index (χ1v) is 6.87. The van der Waals surface area contributed by atoms with E-state index in [1.807, 2.05) is 18.2 Å². The van der Waals surface area contributed by atoms with E-state index in [1.54, 1.807) is 18.6 Å². The number of H-pyrrole nitrogens is 2. The molecular formula is C15H17N5O. The molecule has 2 unspecified atom stereocenters. The molecule has 0 spiro atoms. The molecule has 2 atom stereocenters. The van der Waals surface area contributed by atoms with E-state index >= 15 is 0 Å². The Balaban J connectivity index is 1.80. The highest BCUT2D eigenvalue weighted by Crippen LogP contribution is 2.20. The molecule has 0 radical (unpaired) electrons. The zero-order valence-corrected chi connectivity index (χ0v) is 11.9. The Kier molecular flexibility index (Phi) is 3.53. The second-order valence-corrected chi connectivity index (χ2v) is 5.12. The van der Waals surface area contributed by atoms with E-state index in [1.165, 1.54) is 0 Å². The van der Waals surface area contributed by atoms with Crippen LogP contribution in [-0.4, -0.2) is 19.9 Å². The van der Waals surface area contributed by atoms with E-state index in [0.717, 1.165) is 22.3 Å². The quantitative estimate of drug-likeness (QED) is 0.684. The highest BCUT2D eigenvalue weighted by Gasteiger charge is 2.13. The number of aromatic nitrogens is 4. The van der Waals surface area contributed by atoms with Crippen LogP contribution in [0.4, 0.5) is 0 Å². The van der Waals surface area contributed by atoms with Crippen LogP contribution in [0.5, 0.6) is 0 Å². The normalized spacial score (nSPS) is 14.2. The van der Waals surface area contributed by atoms with Gasteiger partial charge in [0.1, 0.15) is 0 Å². The molecule has 0 aliphatic heterocycles. The van der Waals surface area contributed by atoms with Gasteiger partial charge >= 0.3 is 5.69 Å². The molecule has 0 saturated heterocycles. The van der Waals surface area contributed by atoms with Gasteiger partial charge < -0.3 is 15.3 Å². The Morgan fingerprint density at radius 2 is 1.90 bits per heavy atom. The molecule has 0 amide bonds. The molecule has 21 heavy (non-hydrogen) atoms. The van der Waals surface area contributed by atoms with Gasteiger partial charge in [-0.2, -0.15) is 0 Å². The van der Waals surface area contributed by atoms with Gasteiger partial charge in [0.2, 0.25) is 0 Å². The third-order valence-electron chi connectivity index (χ3n) is 3.57. The Hall–Kier alpha value is -2.47. The number of fused-ring (bicyclic) bond motifs is 1. The molecule has 108 valence electrons. The van der Waals surface area contributed by atoms with E-state index in [4.69, 9.17) is 0 Å². The summed E-state index contributed by atoms with van der Waals surface area (Å²) in [4.78, 5) is 25.2. The Morgan fingerprint density at radius 1 is 1.10 bits per heavy atom. The van der Waals surface area contributed by atoms with Crippen LogP contribution in [0.3, 0.4) is 0 Å². The van der Waals surface area contributed by atoms with Gasteiger partial charge in [-0.3, -0.25) is 9.97 Å². The van der Waals surface area contributed by atoms with E-state index < -0.39 is 0 Å². The smallest absolute Gasteiger partial charge is 0.306 e. The summed E-state index contributed by atoms with van der Waals surface area (Å²) in [6.07, 6.45) is 5.11. The zero-order chi connectivity index (χ0) is 14.8. The van der Waals surface area contributed by atoms with Crippen LogP contribution in [0, 0.1) is 0 Å². The Bertz CT molecular complexity index is 792. The van der Waals surface area contributed by atoms with Crippen LogP contribution in [0.1, 0.15) is 37.2 Å². The molecule has 3 rings (SSSR count). The minimum Gasteiger partial charge on any atom is -0.306 e. The van der Waals surface area contributed by atoms with Crippen molar-refractivity contribution < 1.29 is 0 Å². The molecule has 0 aliphatic rings. The predicted octanol–water partition coefficient (Wildman–Crippen LogP) is 2.06. The highest BCUT2D eigenvalue weighted by atomic mass is 16.1. The summed E-state index contributed by atoms with van der Waals surface area (Å²) in [6, 6.07) is 6.12. The van der Waals surface area contributed by atoms with Gasteiger partial charge in [0.05, 0.1) is 16.7 Å². The number of rotatable bonds is 4. The monoisotopic (exact) mass is 283 g/mol. The largest absolute Gasteiger partial charge is 0.323 e. The molecule has 0 saturated carbocycles. The SMILES string of the molecule is CC(NC(C)c1cnccn1)c1ccc2[nH]c(=O)[nH]c2c1. The van der Waals surface area contributed by atoms with Crippen LogP contribution in [0.2, 0.25) is 0 Å². The molecule has 0 fully saturated rings. The number of imidazole rings is 1. The van der Waals surface area contributed by atoms with Gasteiger partial charge in [0.15, 0.2) is 0 Å². The topological polar surface area (TPSA) is 86.5 Å². The maximum Gasteiger partial charge on any atom is 0.323 e. The van der Waals surface area contributed by atoms with Crippen molar-refractivity contribution in [1.82, 2.24) is 25.3 Å². The first-order chi connectivity index (χ1) is 10.1. The molecule has 1 aromatic carbocycles. The summed E-state index contributed by atoms with van der Waals surface area (Å²) in [6.45, 7) is 4.13. The van der Waals surface area contributed by atoms with Crippen LogP contribution in [0.15, 0.2) is 41.6 Å². The van der Waals surface area contributed by atoms with E-state index in [-0.39, 0.29) is 17.8 Å². The number of hydrogen-bond acceptors (Lipinski definition) is 4. The van der Waals surface area contributed by atoms with Crippen LogP contribution in [0.25, 0.3) is 11.0 Å². The minimum atomic E-state index is -0.185. The second-order valence-electron chi connectivity index (χ2n) is 5.12. The van der Waals surface area contributed by atoms with Crippen LogP contribution < -0.4 is 11.0 Å². The van der Waals surface area contributed by atoms with Gasteiger partial charge in [-0.05, 0) is 31.5 Å². The molecule has 2 heterocycles. The van der Waals surface area contributed by atoms with Crippen molar-refractivity contribution in [2.24, 2.45) is 0 Å². The van der Waals surface area contributed by atoms with Crippen molar-refractivity contribution >= 4 is 11.0 Å². The van der Waals surface area contributed by atoms with Crippen molar-refractivity contribution in [3.05, 3.63) is 58.5 Å². The van der Waals surface area contributed by atoms with Gasteiger partial charge in [-0.15, -0.1) is 0 Å². The fourth-order valence-electron chi connectivity index (χ4n) is 2.41. The number of hydrogen-bond donors (Lipinski definition) is 3. The summed E-state index contributed by atoms with van der Waals surface area (Å²) in [5.74, 6) is 0. The Labute approximate surface area is 121 Å². The fraction of sp³-hybridized carbons (Fsp3) is 0.267. The van der Waals surface area contributed by atoms with Crippen molar-refractivity contribution in [3.8, 4) is 0 Å². The van der Waals surface area contributed by atoms with Gasteiger partial charge in [-0.1, -0.05) is 6.07 Å². The summed E-state index contributed by atoms with van der Waals surface area (Å²) in [5, 5.41) is 3.48. The molecule has 6 heteroatoms. The highest BCUT2D eigenvalue weighted by molar-refractivity contribution is 5.75. The third-order valence-corrected chi connectivity index (χ3v) is 3.57. The maximum atomic E-state index is 11.3. The second kappa shape index (κ2) is 5.49. The lowest BCUT2D eigenvalue weighted by molar-refractivity contribution is 0.485. The number of aromatic amines is 2. The molecule has 3 N–H and O–H groups in total. The molecule has 3 aromatic rings. The lowest BCUT2D eigenvalue weighted by Crippen LogP contribution is -2.23. The Morgan fingerprint density at radius 3 is 2.67 bits per heavy atom. The summed E-state index contributed by atoms with van der Waals surface area (Å²) in [7, 11) is 0. The summed E-state index contributed by atoms with van der Waals surface area (Å²) < 4.78 is 0. The third kappa shape index (κ3) is 2.85. The fourth-order valence-corrected chi connectivity index (χ4v) is 2.41. The van der Waals surface area contributed by atoms with Crippen LogP contribution >= 0.6 is 0 Å². The van der Waals surface area contributed by atoms with Crippen molar-refractivity contribution in [3.63, 3.8) is 0 Å². The summed E-state index contributed by atoms with van der Waals surface area (Å²) in [5.41, 5.74) is 3.46.